The van der Waals surface area contributed by atoms with E-state index < -0.39 is 0 Å². The second-order valence-electron chi connectivity index (χ2n) is 4.85. The average molecular weight is 262 g/mol. The Morgan fingerprint density at radius 2 is 2.37 bits per heavy atom. The third-order valence-electron chi connectivity index (χ3n) is 3.48. The summed E-state index contributed by atoms with van der Waals surface area (Å²) in [6.07, 6.45) is 2.06. The Kier molecular flexibility index (Phi) is 3.35. The van der Waals surface area contributed by atoms with Crippen molar-refractivity contribution < 1.29 is 9.26 Å². The highest BCUT2D eigenvalue weighted by Gasteiger charge is 2.29. The highest BCUT2D eigenvalue weighted by molar-refractivity contribution is 5.07. The van der Waals surface area contributed by atoms with Crippen LogP contribution in [-0.4, -0.2) is 39.4 Å². The number of morpholine rings is 1. The summed E-state index contributed by atoms with van der Waals surface area (Å²) in [6, 6.07) is 4.23. The van der Waals surface area contributed by atoms with Gasteiger partial charge >= 0.3 is 0 Å². The van der Waals surface area contributed by atoms with Crippen LogP contribution in [0.4, 0.5) is 0 Å². The first-order chi connectivity index (χ1) is 9.24. The minimum absolute atomic E-state index is 0.0462. The quantitative estimate of drug-likeness (QED) is 0.834. The van der Waals surface area contributed by atoms with Gasteiger partial charge in [-0.2, -0.15) is 4.98 Å². The lowest BCUT2D eigenvalue weighted by molar-refractivity contribution is -0.0249. The van der Waals surface area contributed by atoms with Crippen LogP contribution in [0.25, 0.3) is 0 Å². The lowest BCUT2D eigenvalue weighted by Crippen LogP contribution is -2.39. The van der Waals surface area contributed by atoms with Crippen molar-refractivity contribution in [2.45, 2.75) is 19.5 Å². The molecule has 3 rings (SSSR count). The third-order valence-corrected chi connectivity index (χ3v) is 3.48. The van der Waals surface area contributed by atoms with Gasteiger partial charge in [0.05, 0.1) is 13.2 Å². The zero-order valence-electron chi connectivity index (χ0n) is 11.2. The second-order valence-corrected chi connectivity index (χ2v) is 4.85. The Bertz CT molecular complexity index is 548. The van der Waals surface area contributed by atoms with Gasteiger partial charge in [-0.15, -0.1) is 0 Å². The maximum Gasteiger partial charge on any atom is 0.246 e. The molecule has 0 saturated carbocycles. The molecule has 1 atom stereocenters. The molecule has 0 N–H and O–H groups in total. The number of aryl methyl sites for hydroxylation is 2. The zero-order chi connectivity index (χ0) is 13.2. The smallest absolute Gasteiger partial charge is 0.246 e. The summed E-state index contributed by atoms with van der Waals surface area (Å²) in [4.78, 5) is 6.66. The van der Waals surface area contributed by atoms with Gasteiger partial charge in [-0.1, -0.05) is 5.16 Å². The summed E-state index contributed by atoms with van der Waals surface area (Å²) in [5.41, 5.74) is 1.27. The topological polar surface area (TPSA) is 56.3 Å². The maximum absolute atomic E-state index is 5.55. The monoisotopic (exact) mass is 262 g/mol. The molecule has 1 aliphatic heterocycles. The van der Waals surface area contributed by atoms with Crippen LogP contribution < -0.4 is 0 Å². The van der Waals surface area contributed by atoms with Crippen molar-refractivity contribution in [2.75, 3.05) is 19.8 Å². The van der Waals surface area contributed by atoms with Gasteiger partial charge in [-0.05, 0) is 19.1 Å². The largest absolute Gasteiger partial charge is 0.378 e. The fraction of sp³-hybridized carbons (Fsp3) is 0.538. The predicted octanol–water partition coefficient (Wildman–Crippen LogP) is 1.29. The van der Waals surface area contributed by atoms with Gasteiger partial charge in [0.1, 0.15) is 6.04 Å². The highest BCUT2D eigenvalue weighted by atomic mass is 16.5. The van der Waals surface area contributed by atoms with E-state index in [1.165, 1.54) is 5.69 Å². The summed E-state index contributed by atoms with van der Waals surface area (Å²) in [6.45, 7) is 4.91. The molecule has 1 aliphatic rings. The molecule has 6 nitrogen and oxygen atoms in total. The molecular weight excluding hydrogens is 244 g/mol. The van der Waals surface area contributed by atoms with Crippen molar-refractivity contribution in [3.63, 3.8) is 0 Å². The summed E-state index contributed by atoms with van der Waals surface area (Å²) < 4.78 is 13.0. The lowest BCUT2D eigenvalue weighted by atomic mass is 10.2. The normalized spacial score (nSPS) is 20.8. The van der Waals surface area contributed by atoms with Crippen molar-refractivity contribution in [2.24, 2.45) is 7.05 Å². The van der Waals surface area contributed by atoms with E-state index in [1.807, 2.05) is 6.92 Å². The van der Waals surface area contributed by atoms with Crippen LogP contribution in [-0.2, 0) is 18.3 Å². The molecular formula is C13H18N4O2. The molecule has 0 spiro atoms. The van der Waals surface area contributed by atoms with Crippen LogP contribution in [0.15, 0.2) is 22.9 Å². The van der Waals surface area contributed by atoms with E-state index >= 15 is 0 Å². The van der Waals surface area contributed by atoms with Gasteiger partial charge in [0.25, 0.3) is 0 Å². The summed E-state index contributed by atoms with van der Waals surface area (Å²) >= 11 is 0. The Balaban J connectivity index is 1.79. The molecule has 6 heteroatoms. The maximum atomic E-state index is 5.55. The van der Waals surface area contributed by atoms with E-state index in [0.29, 0.717) is 18.3 Å². The van der Waals surface area contributed by atoms with Gasteiger partial charge in [0.15, 0.2) is 5.82 Å². The molecule has 0 radical (unpaired) electrons. The number of aromatic nitrogens is 3. The minimum atomic E-state index is 0.0462. The standard InChI is InChI=1S/C13H18N4O2/c1-10-14-13(19-15-10)12-9-18-7-6-17(12)8-11-4-3-5-16(11)2/h3-5,12H,6-9H2,1-2H3. The lowest BCUT2D eigenvalue weighted by Gasteiger charge is -2.33. The molecule has 102 valence electrons. The van der Waals surface area contributed by atoms with Gasteiger partial charge < -0.3 is 13.8 Å². The number of ether oxygens (including phenoxy) is 1. The predicted molar refractivity (Wildman–Crippen MR) is 68.4 cm³/mol. The van der Waals surface area contributed by atoms with Crippen molar-refractivity contribution in [3.8, 4) is 0 Å². The zero-order valence-corrected chi connectivity index (χ0v) is 11.2. The Morgan fingerprint density at radius 1 is 1.47 bits per heavy atom. The fourth-order valence-corrected chi connectivity index (χ4v) is 2.37. The molecule has 19 heavy (non-hydrogen) atoms. The van der Waals surface area contributed by atoms with Crippen molar-refractivity contribution in [1.29, 1.82) is 0 Å². The van der Waals surface area contributed by atoms with Gasteiger partial charge in [-0.3, -0.25) is 4.90 Å². The highest BCUT2D eigenvalue weighted by Crippen LogP contribution is 2.24. The van der Waals surface area contributed by atoms with Crippen molar-refractivity contribution in [3.05, 3.63) is 35.7 Å². The Morgan fingerprint density at radius 3 is 3.05 bits per heavy atom. The van der Waals surface area contributed by atoms with Crippen LogP contribution >= 0.6 is 0 Å². The number of hydrogen-bond donors (Lipinski definition) is 0. The first-order valence-corrected chi connectivity index (χ1v) is 6.46. The van der Waals surface area contributed by atoms with Gasteiger partial charge in [0.2, 0.25) is 5.89 Å². The van der Waals surface area contributed by atoms with E-state index in [1.54, 1.807) is 0 Å². The third kappa shape index (κ3) is 2.54. The molecule has 0 aliphatic carbocycles. The Labute approximate surface area is 112 Å². The molecule has 0 amide bonds. The van der Waals surface area contributed by atoms with Crippen LogP contribution in [0, 0.1) is 6.92 Å². The molecule has 0 bridgehead atoms. The number of hydrogen-bond acceptors (Lipinski definition) is 5. The van der Waals surface area contributed by atoms with Crippen LogP contribution in [0.1, 0.15) is 23.5 Å². The van der Waals surface area contributed by atoms with E-state index in [9.17, 15) is 0 Å². The molecule has 0 aromatic carbocycles. The van der Waals surface area contributed by atoms with E-state index in [2.05, 4.69) is 45.0 Å². The van der Waals surface area contributed by atoms with Crippen molar-refractivity contribution in [1.82, 2.24) is 19.6 Å². The second kappa shape index (κ2) is 5.14. The summed E-state index contributed by atoms with van der Waals surface area (Å²) in [5.74, 6) is 1.31. The first-order valence-electron chi connectivity index (χ1n) is 6.46. The van der Waals surface area contributed by atoms with Gasteiger partial charge in [0, 0.05) is 32.0 Å². The number of nitrogens with zero attached hydrogens (tertiary/aromatic N) is 4. The van der Waals surface area contributed by atoms with E-state index in [4.69, 9.17) is 9.26 Å². The van der Waals surface area contributed by atoms with Crippen LogP contribution in [0.2, 0.25) is 0 Å². The van der Waals surface area contributed by atoms with E-state index in [-0.39, 0.29) is 6.04 Å². The SMILES string of the molecule is Cc1noc(C2COCCN2Cc2cccn2C)n1. The first kappa shape index (κ1) is 12.4. The molecule has 1 unspecified atom stereocenters. The average Bonchev–Trinajstić information content (AvgIpc) is 3.00. The minimum Gasteiger partial charge on any atom is -0.378 e. The van der Waals surface area contributed by atoms with Crippen LogP contribution in [0.5, 0.6) is 0 Å². The Hall–Kier alpha value is -1.66. The molecule has 3 heterocycles. The molecule has 1 saturated heterocycles. The van der Waals surface area contributed by atoms with E-state index in [0.717, 1.165) is 19.7 Å². The van der Waals surface area contributed by atoms with Gasteiger partial charge in [-0.25, -0.2) is 0 Å². The molecule has 1 fully saturated rings. The summed E-state index contributed by atoms with van der Waals surface area (Å²) in [7, 11) is 2.06. The molecule has 2 aromatic rings. The van der Waals surface area contributed by atoms with Crippen molar-refractivity contribution >= 4 is 0 Å². The number of rotatable bonds is 3. The molecule has 2 aromatic heterocycles. The van der Waals surface area contributed by atoms with Crippen LogP contribution in [0.3, 0.4) is 0 Å². The summed E-state index contributed by atoms with van der Waals surface area (Å²) in [5, 5.41) is 3.87. The fourth-order valence-electron chi connectivity index (χ4n) is 2.37.